The summed E-state index contributed by atoms with van der Waals surface area (Å²) in [5, 5.41) is 19.0. The Kier molecular flexibility index (Phi) is 4.61. The number of rotatable bonds is 4. The molecule has 0 aliphatic heterocycles. The van der Waals surface area contributed by atoms with Crippen LogP contribution in [0.15, 0.2) is 41.4 Å². The molecule has 1 aromatic carbocycles. The Morgan fingerprint density at radius 2 is 2.10 bits per heavy atom. The van der Waals surface area contributed by atoms with Gasteiger partial charge in [-0.3, -0.25) is 0 Å². The van der Waals surface area contributed by atoms with Gasteiger partial charge in [0.15, 0.2) is 0 Å². The third-order valence-corrected chi connectivity index (χ3v) is 3.93. The maximum atomic E-state index is 10.9. The molecular formula is C14H9ClN2O2S. The van der Waals surface area contributed by atoms with Gasteiger partial charge >= 0.3 is 5.97 Å². The number of carboxylic acids is 1. The molecule has 0 atom stereocenters. The van der Waals surface area contributed by atoms with Crippen LogP contribution in [-0.2, 0) is 5.75 Å². The van der Waals surface area contributed by atoms with Gasteiger partial charge in [0.05, 0.1) is 5.56 Å². The first-order chi connectivity index (χ1) is 9.61. The van der Waals surface area contributed by atoms with E-state index in [4.69, 9.17) is 22.0 Å². The van der Waals surface area contributed by atoms with Crippen LogP contribution >= 0.6 is 23.4 Å². The Morgan fingerprint density at radius 1 is 1.35 bits per heavy atom. The Labute approximate surface area is 125 Å². The van der Waals surface area contributed by atoms with Gasteiger partial charge < -0.3 is 5.11 Å². The normalized spacial score (nSPS) is 10.0. The molecule has 0 amide bonds. The monoisotopic (exact) mass is 304 g/mol. The SMILES string of the molecule is N#Cc1ccc(C(=O)O)nc1SCc1ccccc1Cl. The summed E-state index contributed by atoms with van der Waals surface area (Å²) >= 11 is 7.34. The number of thioether (sulfide) groups is 1. The number of halogens is 1. The van der Waals surface area contributed by atoms with E-state index >= 15 is 0 Å². The largest absolute Gasteiger partial charge is 0.477 e. The molecule has 0 saturated carbocycles. The van der Waals surface area contributed by atoms with Crippen LogP contribution in [0, 0.1) is 11.3 Å². The van der Waals surface area contributed by atoms with Gasteiger partial charge in [-0.1, -0.05) is 29.8 Å². The summed E-state index contributed by atoms with van der Waals surface area (Å²) in [7, 11) is 0. The Bertz CT molecular complexity index is 698. The van der Waals surface area contributed by atoms with Crippen LogP contribution < -0.4 is 0 Å². The number of carboxylic acid groups (broad SMARTS) is 1. The second-order valence-electron chi connectivity index (χ2n) is 3.85. The molecule has 1 aromatic heterocycles. The van der Waals surface area contributed by atoms with E-state index in [9.17, 15) is 4.79 Å². The van der Waals surface area contributed by atoms with Gasteiger partial charge in [0, 0.05) is 10.8 Å². The second-order valence-corrected chi connectivity index (χ2v) is 5.22. The molecule has 6 heteroatoms. The number of nitrogens with zero attached hydrogens (tertiary/aromatic N) is 2. The molecule has 0 unspecified atom stereocenters. The lowest BCUT2D eigenvalue weighted by Gasteiger charge is -2.06. The maximum Gasteiger partial charge on any atom is 0.354 e. The highest BCUT2D eigenvalue weighted by molar-refractivity contribution is 7.98. The zero-order valence-electron chi connectivity index (χ0n) is 10.2. The van der Waals surface area contributed by atoms with Crippen molar-refractivity contribution >= 4 is 29.3 Å². The average Bonchev–Trinajstić information content (AvgIpc) is 2.46. The minimum absolute atomic E-state index is 0.0781. The van der Waals surface area contributed by atoms with Gasteiger partial charge in [0.2, 0.25) is 0 Å². The molecule has 0 saturated heterocycles. The van der Waals surface area contributed by atoms with Gasteiger partial charge in [-0.25, -0.2) is 9.78 Å². The molecule has 0 bridgehead atoms. The van der Waals surface area contributed by atoms with Gasteiger partial charge in [-0.2, -0.15) is 5.26 Å². The fourth-order valence-corrected chi connectivity index (χ4v) is 2.77. The van der Waals surface area contributed by atoms with Crippen molar-refractivity contribution < 1.29 is 9.90 Å². The fourth-order valence-electron chi connectivity index (χ4n) is 1.52. The average molecular weight is 305 g/mol. The smallest absolute Gasteiger partial charge is 0.354 e. The minimum atomic E-state index is -1.12. The summed E-state index contributed by atoms with van der Waals surface area (Å²) < 4.78 is 0. The van der Waals surface area contributed by atoms with Crippen LogP contribution in [0.1, 0.15) is 21.6 Å². The number of benzene rings is 1. The van der Waals surface area contributed by atoms with Crippen molar-refractivity contribution in [2.45, 2.75) is 10.8 Å². The zero-order chi connectivity index (χ0) is 14.5. The lowest BCUT2D eigenvalue weighted by Crippen LogP contribution is -2.02. The summed E-state index contributed by atoms with van der Waals surface area (Å²) in [5.41, 5.74) is 1.18. The number of hydrogen-bond acceptors (Lipinski definition) is 4. The van der Waals surface area contributed by atoms with Crippen LogP contribution in [0.4, 0.5) is 0 Å². The fraction of sp³-hybridized carbons (Fsp3) is 0.0714. The number of pyridine rings is 1. The highest BCUT2D eigenvalue weighted by Crippen LogP contribution is 2.27. The van der Waals surface area contributed by atoms with E-state index in [0.717, 1.165) is 5.56 Å². The first-order valence-electron chi connectivity index (χ1n) is 5.62. The van der Waals surface area contributed by atoms with E-state index in [1.807, 2.05) is 24.3 Å². The van der Waals surface area contributed by atoms with Crippen molar-refractivity contribution in [3.63, 3.8) is 0 Å². The van der Waals surface area contributed by atoms with E-state index < -0.39 is 5.97 Å². The Hall–Kier alpha value is -2.03. The van der Waals surface area contributed by atoms with E-state index in [0.29, 0.717) is 21.4 Å². The second kappa shape index (κ2) is 6.42. The van der Waals surface area contributed by atoms with Crippen molar-refractivity contribution in [1.29, 1.82) is 5.26 Å². The van der Waals surface area contributed by atoms with E-state index in [2.05, 4.69) is 4.98 Å². The van der Waals surface area contributed by atoms with Crippen molar-refractivity contribution in [1.82, 2.24) is 4.98 Å². The van der Waals surface area contributed by atoms with Crippen LogP contribution in [0.2, 0.25) is 5.02 Å². The zero-order valence-corrected chi connectivity index (χ0v) is 11.8. The molecule has 2 aromatic rings. The van der Waals surface area contributed by atoms with Crippen LogP contribution in [0.25, 0.3) is 0 Å². The standard InChI is InChI=1S/C14H9ClN2O2S/c15-11-4-2-1-3-10(11)8-20-13-9(7-16)5-6-12(17-13)14(18)19/h1-6H,8H2,(H,18,19). The molecule has 0 radical (unpaired) electrons. The topological polar surface area (TPSA) is 74.0 Å². The first kappa shape index (κ1) is 14.4. The molecule has 0 fully saturated rings. The summed E-state index contributed by atoms with van der Waals surface area (Å²) in [6, 6.07) is 12.1. The van der Waals surface area contributed by atoms with E-state index in [1.165, 1.54) is 23.9 Å². The molecule has 100 valence electrons. The lowest BCUT2D eigenvalue weighted by molar-refractivity contribution is 0.0689. The molecule has 2 rings (SSSR count). The summed E-state index contributed by atoms with van der Waals surface area (Å²) in [6.07, 6.45) is 0. The highest BCUT2D eigenvalue weighted by Gasteiger charge is 2.11. The predicted molar refractivity (Wildman–Crippen MR) is 76.9 cm³/mol. The van der Waals surface area contributed by atoms with Crippen LogP contribution in [0.5, 0.6) is 0 Å². The van der Waals surface area contributed by atoms with Crippen LogP contribution in [-0.4, -0.2) is 16.1 Å². The molecule has 1 heterocycles. The predicted octanol–water partition coefficient (Wildman–Crippen LogP) is 3.60. The highest BCUT2D eigenvalue weighted by atomic mass is 35.5. The molecule has 0 aliphatic carbocycles. The van der Waals surface area contributed by atoms with Gasteiger partial charge in [0.1, 0.15) is 16.8 Å². The van der Waals surface area contributed by atoms with Gasteiger partial charge in [-0.05, 0) is 23.8 Å². The summed E-state index contributed by atoms with van der Waals surface area (Å²) in [4.78, 5) is 14.9. The Balaban J connectivity index is 2.24. The van der Waals surface area contributed by atoms with Gasteiger partial charge in [0.25, 0.3) is 0 Å². The quantitative estimate of drug-likeness (QED) is 0.874. The molecule has 0 aliphatic rings. The Morgan fingerprint density at radius 3 is 2.75 bits per heavy atom. The molecular weight excluding hydrogens is 296 g/mol. The number of aromatic carboxylic acids is 1. The molecule has 20 heavy (non-hydrogen) atoms. The maximum absolute atomic E-state index is 10.9. The number of nitriles is 1. The lowest BCUT2D eigenvalue weighted by atomic mass is 10.2. The molecule has 0 spiro atoms. The number of aromatic nitrogens is 1. The van der Waals surface area contributed by atoms with E-state index in [-0.39, 0.29) is 5.69 Å². The number of hydrogen-bond donors (Lipinski definition) is 1. The number of carbonyl (C=O) groups is 1. The van der Waals surface area contributed by atoms with Gasteiger partial charge in [-0.15, -0.1) is 11.8 Å². The first-order valence-corrected chi connectivity index (χ1v) is 6.99. The molecule has 1 N–H and O–H groups in total. The third-order valence-electron chi connectivity index (χ3n) is 2.52. The third kappa shape index (κ3) is 3.29. The summed E-state index contributed by atoms with van der Waals surface area (Å²) in [5.74, 6) is -0.598. The van der Waals surface area contributed by atoms with Crippen molar-refractivity contribution in [2.75, 3.05) is 0 Å². The minimum Gasteiger partial charge on any atom is -0.477 e. The van der Waals surface area contributed by atoms with E-state index in [1.54, 1.807) is 6.07 Å². The molecule has 4 nitrogen and oxygen atoms in total. The van der Waals surface area contributed by atoms with Crippen molar-refractivity contribution in [3.05, 3.63) is 58.2 Å². The van der Waals surface area contributed by atoms with Crippen LogP contribution in [0.3, 0.4) is 0 Å². The van der Waals surface area contributed by atoms with Crippen molar-refractivity contribution in [3.8, 4) is 6.07 Å². The summed E-state index contributed by atoms with van der Waals surface area (Å²) in [6.45, 7) is 0. The van der Waals surface area contributed by atoms with Crippen molar-refractivity contribution in [2.24, 2.45) is 0 Å².